The number of aliphatic hydroxyl groups is 1. The lowest BCUT2D eigenvalue weighted by molar-refractivity contribution is -0.121. The molecule has 8 heteroatoms. The highest BCUT2D eigenvalue weighted by Crippen LogP contribution is 2.32. The van der Waals surface area contributed by atoms with Gasteiger partial charge >= 0.3 is 11.9 Å². The molecule has 0 fully saturated rings. The van der Waals surface area contributed by atoms with Crippen LogP contribution in [0, 0.1) is 5.92 Å². The van der Waals surface area contributed by atoms with Crippen LogP contribution in [0.1, 0.15) is 36.7 Å². The molecule has 0 atom stereocenters. The van der Waals surface area contributed by atoms with E-state index in [-0.39, 0.29) is 23.4 Å². The van der Waals surface area contributed by atoms with Crippen molar-refractivity contribution in [2.45, 2.75) is 20.8 Å². The van der Waals surface area contributed by atoms with Crippen molar-refractivity contribution in [2.75, 3.05) is 31.3 Å². The van der Waals surface area contributed by atoms with Gasteiger partial charge in [0.05, 0.1) is 30.0 Å². The fraction of sp³-hybridized carbons (Fsp3) is 0.320. The number of hydrogen-bond donors (Lipinski definition) is 1. The predicted octanol–water partition coefficient (Wildman–Crippen LogP) is 3.76. The molecule has 1 aliphatic heterocycles. The van der Waals surface area contributed by atoms with Crippen molar-refractivity contribution in [1.29, 1.82) is 0 Å². The molecule has 2 amide bonds. The molecule has 0 aromatic heterocycles. The average molecular weight is 453 g/mol. The third kappa shape index (κ3) is 5.59. The Labute approximate surface area is 192 Å². The summed E-state index contributed by atoms with van der Waals surface area (Å²) in [5, 5.41) is 10.4. The number of ether oxygens (including phenoxy) is 3. The van der Waals surface area contributed by atoms with Gasteiger partial charge in [-0.1, -0.05) is 26.0 Å². The number of carbonyl (C=O) groups excluding carboxylic acids is 3. The summed E-state index contributed by atoms with van der Waals surface area (Å²) in [6.45, 7) is 7.42. The number of rotatable bonds is 10. The monoisotopic (exact) mass is 453 g/mol. The first-order valence-electron chi connectivity index (χ1n) is 10.7. The molecule has 0 radical (unpaired) electrons. The highest BCUT2D eigenvalue weighted by molar-refractivity contribution is 6.44. The molecular weight excluding hydrogens is 426 g/mol. The number of aliphatic hydroxyl groups excluding tert-OH is 1. The molecule has 2 aromatic rings. The van der Waals surface area contributed by atoms with Gasteiger partial charge in [0.2, 0.25) is 0 Å². The van der Waals surface area contributed by atoms with Crippen LogP contribution in [0.5, 0.6) is 5.75 Å². The molecule has 33 heavy (non-hydrogen) atoms. The van der Waals surface area contributed by atoms with Crippen LogP contribution < -0.4 is 9.64 Å². The highest BCUT2D eigenvalue weighted by Gasteiger charge is 2.40. The van der Waals surface area contributed by atoms with Gasteiger partial charge in [-0.3, -0.25) is 9.59 Å². The van der Waals surface area contributed by atoms with Crippen molar-refractivity contribution >= 4 is 29.0 Å². The van der Waals surface area contributed by atoms with Gasteiger partial charge in [-0.05, 0) is 54.8 Å². The Morgan fingerprint density at radius 2 is 1.64 bits per heavy atom. The van der Waals surface area contributed by atoms with E-state index in [1.807, 2.05) is 20.8 Å². The smallest absolute Gasteiger partial charge is 0.338 e. The summed E-state index contributed by atoms with van der Waals surface area (Å²) in [5.41, 5.74) is 0.813. The van der Waals surface area contributed by atoms with Crippen molar-refractivity contribution in [3.63, 3.8) is 0 Å². The molecule has 2 aromatic carbocycles. The summed E-state index contributed by atoms with van der Waals surface area (Å²) in [7, 11) is 0. The maximum Gasteiger partial charge on any atom is 0.338 e. The molecule has 0 aliphatic carbocycles. The second kappa shape index (κ2) is 10.8. The van der Waals surface area contributed by atoms with E-state index in [0.717, 1.165) is 4.90 Å². The summed E-state index contributed by atoms with van der Waals surface area (Å²) in [6, 6.07) is 12.4. The van der Waals surface area contributed by atoms with Crippen LogP contribution in [0.4, 0.5) is 5.69 Å². The Morgan fingerprint density at radius 1 is 0.970 bits per heavy atom. The number of carbonyl (C=O) groups is 3. The van der Waals surface area contributed by atoms with Gasteiger partial charge in [0.25, 0.3) is 5.91 Å². The molecule has 0 spiro atoms. The summed E-state index contributed by atoms with van der Waals surface area (Å²) in [4.78, 5) is 38.6. The van der Waals surface area contributed by atoms with Gasteiger partial charge in [-0.15, -0.1) is 0 Å². The maximum absolute atomic E-state index is 13.0. The maximum atomic E-state index is 13.0. The summed E-state index contributed by atoms with van der Waals surface area (Å²) < 4.78 is 15.9. The van der Waals surface area contributed by atoms with Crippen LogP contribution in [0.2, 0.25) is 0 Å². The summed E-state index contributed by atoms with van der Waals surface area (Å²) >= 11 is 0. The largest absolute Gasteiger partial charge is 0.502 e. The van der Waals surface area contributed by atoms with E-state index in [4.69, 9.17) is 14.2 Å². The fourth-order valence-electron chi connectivity index (χ4n) is 3.16. The van der Waals surface area contributed by atoms with Crippen molar-refractivity contribution in [2.24, 2.45) is 5.92 Å². The van der Waals surface area contributed by atoms with Gasteiger partial charge < -0.3 is 19.3 Å². The van der Waals surface area contributed by atoms with Crippen LogP contribution in [0.3, 0.4) is 0 Å². The van der Waals surface area contributed by atoms with Crippen LogP contribution in [-0.4, -0.2) is 49.3 Å². The number of imide groups is 1. The van der Waals surface area contributed by atoms with Crippen molar-refractivity contribution in [3.8, 4) is 5.75 Å². The third-order valence-corrected chi connectivity index (χ3v) is 4.81. The van der Waals surface area contributed by atoms with E-state index in [1.165, 1.54) is 24.3 Å². The molecule has 8 nitrogen and oxygen atoms in total. The Balaban J connectivity index is 1.72. The van der Waals surface area contributed by atoms with E-state index in [1.54, 1.807) is 24.3 Å². The number of hydrogen-bond acceptors (Lipinski definition) is 7. The quantitative estimate of drug-likeness (QED) is 0.332. The first-order valence-corrected chi connectivity index (χ1v) is 10.7. The molecule has 0 bridgehead atoms. The average Bonchev–Trinajstić information content (AvgIpc) is 3.03. The Bertz CT molecular complexity index is 1040. The minimum absolute atomic E-state index is 0.0881. The van der Waals surface area contributed by atoms with Gasteiger partial charge in [-0.25, -0.2) is 9.69 Å². The lowest BCUT2D eigenvalue weighted by Crippen LogP contribution is -2.31. The SMILES string of the molecule is CCOCCOC(=O)c1ccc(N2C(=O)C(O)=C(c3ccc(OCC(C)C)cc3)C2=O)cc1. The summed E-state index contributed by atoms with van der Waals surface area (Å²) in [5.74, 6) is -1.66. The third-order valence-electron chi connectivity index (χ3n) is 4.81. The molecule has 0 unspecified atom stereocenters. The topological polar surface area (TPSA) is 102 Å². The van der Waals surface area contributed by atoms with Gasteiger partial charge in [-0.2, -0.15) is 0 Å². The van der Waals surface area contributed by atoms with Gasteiger partial charge in [0.1, 0.15) is 12.4 Å². The Hall–Kier alpha value is -3.65. The first kappa shape index (κ1) is 24.0. The van der Waals surface area contributed by atoms with Crippen molar-refractivity contribution in [1.82, 2.24) is 0 Å². The minimum Gasteiger partial charge on any atom is -0.502 e. The molecule has 174 valence electrons. The van der Waals surface area contributed by atoms with Crippen LogP contribution in [0.25, 0.3) is 5.57 Å². The van der Waals surface area contributed by atoms with E-state index in [9.17, 15) is 19.5 Å². The molecular formula is C25H27NO7. The van der Waals surface area contributed by atoms with E-state index in [2.05, 4.69) is 0 Å². The molecule has 0 saturated heterocycles. The zero-order valence-corrected chi connectivity index (χ0v) is 18.9. The zero-order chi connectivity index (χ0) is 24.0. The first-order chi connectivity index (χ1) is 15.8. The molecule has 0 saturated carbocycles. The number of anilines is 1. The van der Waals surface area contributed by atoms with E-state index >= 15 is 0 Å². The normalized spacial score (nSPS) is 13.8. The second-order valence-electron chi connectivity index (χ2n) is 7.78. The number of esters is 1. The molecule has 3 rings (SSSR count). The van der Waals surface area contributed by atoms with Crippen molar-refractivity contribution in [3.05, 3.63) is 65.4 Å². The zero-order valence-electron chi connectivity index (χ0n) is 18.9. The van der Waals surface area contributed by atoms with Gasteiger partial charge in [0.15, 0.2) is 5.76 Å². The number of benzene rings is 2. The lowest BCUT2D eigenvalue weighted by atomic mass is 10.1. The van der Waals surface area contributed by atoms with Crippen LogP contribution >= 0.6 is 0 Å². The van der Waals surface area contributed by atoms with E-state index < -0.39 is 23.5 Å². The van der Waals surface area contributed by atoms with Crippen LogP contribution in [-0.2, 0) is 19.1 Å². The highest BCUT2D eigenvalue weighted by atomic mass is 16.6. The minimum atomic E-state index is -0.831. The number of amides is 2. The molecule has 1 aliphatic rings. The fourth-order valence-corrected chi connectivity index (χ4v) is 3.16. The van der Waals surface area contributed by atoms with E-state index in [0.29, 0.717) is 37.1 Å². The van der Waals surface area contributed by atoms with Crippen molar-refractivity contribution < 1.29 is 33.7 Å². The Kier molecular flexibility index (Phi) is 7.84. The second-order valence-corrected chi connectivity index (χ2v) is 7.78. The number of nitrogens with zero attached hydrogens (tertiary/aromatic N) is 1. The summed E-state index contributed by atoms with van der Waals surface area (Å²) in [6.07, 6.45) is 0. The van der Waals surface area contributed by atoms with Crippen LogP contribution in [0.15, 0.2) is 54.3 Å². The standard InChI is InChI=1S/C25H27NO7/c1-4-31-13-14-32-25(30)18-5-9-19(10-6-18)26-23(28)21(22(27)24(26)29)17-7-11-20(12-8-17)33-15-16(2)3/h5-12,16,27H,4,13-15H2,1-3H3. The predicted molar refractivity (Wildman–Crippen MR) is 122 cm³/mol. The molecule has 1 N–H and O–H groups in total. The lowest BCUT2D eigenvalue weighted by Gasteiger charge is -2.15. The Morgan fingerprint density at radius 3 is 2.24 bits per heavy atom. The van der Waals surface area contributed by atoms with Gasteiger partial charge in [0, 0.05) is 6.61 Å². The molecule has 1 heterocycles.